The molecule has 1 unspecified atom stereocenters. The molecule has 0 aliphatic rings. The van der Waals surface area contributed by atoms with Crippen LogP contribution >= 0.6 is 0 Å². The minimum atomic E-state index is -0.307. The van der Waals surface area contributed by atoms with Crippen molar-refractivity contribution in [3.05, 3.63) is 47.8 Å². The Morgan fingerprint density at radius 3 is 2.83 bits per heavy atom. The Labute approximate surface area is 106 Å². The van der Waals surface area contributed by atoms with Gasteiger partial charge in [-0.3, -0.25) is 9.67 Å². The second-order valence-electron chi connectivity index (χ2n) is 4.36. The first-order valence-electron chi connectivity index (χ1n) is 5.99. The van der Waals surface area contributed by atoms with Crippen LogP contribution in [0.25, 0.3) is 0 Å². The molecule has 2 aromatic rings. The lowest BCUT2D eigenvalue weighted by atomic mass is 10.2. The van der Waals surface area contributed by atoms with E-state index in [1.54, 1.807) is 6.07 Å². The normalized spacial score (nSPS) is 12.6. The number of halogens is 1. The standard InChI is InChI=1S/C13H17FN4/c1-10-7-17-18(9-10)6-5-15-11(2)13-4-3-12(14)8-16-13/h3-4,7-9,11,15H,5-6H2,1-2H3. The zero-order valence-electron chi connectivity index (χ0n) is 10.6. The number of aryl methyl sites for hydroxylation is 1. The van der Waals surface area contributed by atoms with Gasteiger partial charge in [0.25, 0.3) is 0 Å². The predicted octanol–water partition coefficient (Wildman–Crippen LogP) is 2.08. The average Bonchev–Trinajstić information content (AvgIpc) is 2.76. The lowest BCUT2D eigenvalue weighted by molar-refractivity contribution is 0.499. The summed E-state index contributed by atoms with van der Waals surface area (Å²) in [5.41, 5.74) is 2.00. The Morgan fingerprint density at radius 2 is 2.22 bits per heavy atom. The second kappa shape index (κ2) is 5.73. The SMILES string of the molecule is Cc1cnn(CCNC(C)c2ccc(F)cn2)c1. The number of pyridine rings is 1. The summed E-state index contributed by atoms with van der Waals surface area (Å²) >= 11 is 0. The molecule has 0 aliphatic carbocycles. The van der Waals surface area contributed by atoms with E-state index in [-0.39, 0.29) is 11.9 Å². The Balaban J connectivity index is 1.81. The first-order valence-corrected chi connectivity index (χ1v) is 5.99. The average molecular weight is 248 g/mol. The topological polar surface area (TPSA) is 42.7 Å². The molecule has 0 spiro atoms. The summed E-state index contributed by atoms with van der Waals surface area (Å²) in [4.78, 5) is 4.05. The van der Waals surface area contributed by atoms with Crippen molar-refractivity contribution in [1.82, 2.24) is 20.1 Å². The van der Waals surface area contributed by atoms with Crippen molar-refractivity contribution in [2.45, 2.75) is 26.4 Å². The van der Waals surface area contributed by atoms with E-state index in [2.05, 4.69) is 15.4 Å². The lowest BCUT2D eigenvalue weighted by Crippen LogP contribution is -2.24. The van der Waals surface area contributed by atoms with Gasteiger partial charge in [0.05, 0.1) is 24.6 Å². The number of hydrogen-bond donors (Lipinski definition) is 1. The second-order valence-corrected chi connectivity index (χ2v) is 4.36. The summed E-state index contributed by atoms with van der Waals surface area (Å²) in [6.45, 7) is 5.62. The van der Waals surface area contributed by atoms with Gasteiger partial charge in [-0.05, 0) is 31.5 Å². The Kier molecular flexibility index (Phi) is 4.04. The Bertz CT molecular complexity index is 492. The molecule has 5 heteroatoms. The summed E-state index contributed by atoms with van der Waals surface area (Å²) in [5.74, 6) is -0.307. The molecule has 96 valence electrons. The number of hydrogen-bond acceptors (Lipinski definition) is 3. The Hall–Kier alpha value is -1.75. The monoisotopic (exact) mass is 248 g/mol. The molecular formula is C13H17FN4. The third-order valence-electron chi connectivity index (χ3n) is 2.75. The number of nitrogens with one attached hydrogen (secondary N) is 1. The van der Waals surface area contributed by atoms with E-state index in [1.165, 1.54) is 12.3 Å². The molecule has 2 aromatic heterocycles. The van der Waals surface area contributed by atoms with Gasteiger partial charge in [0.15, 0.2) is 0 Å². The molecule has 0 bridgehead atoms. The molecule has 2 rings (SSSR count). The van der Waals surface area contributed by atoms with E-state index in [1.807, 2.05) is 30.9 Å². The molecule has 0 aliphatic heterocycles. The number of nitrogens with zero attached hydrogens (tertiary/aromatic N) is 3. The minimum absolute atomic E-state index is 0.0993. The maximum absolute atomic E-state index is 12.7. The third-order valence-corrected chi connectivity index (χ3v) is 2.75. The van der Waals surface area contributed by atoms with Gasteiger partial charge in [0, 0.05) is 18.8 Å². The molecular weight excluding hydrogens is 231 g/mol. The van der Waals surface area contributed by atoms with Crippen LogP contribution in [-0.4, -0.2) is 21.3 Å². The first-order chi connectivity index (χ1) is 8.65. The lowest BCUT2D eigenvalue weighted by Gasteiger charge is -2.13. The molecule has 0 aromatic carbocycles. The van der Waals surface area contributed by atoms with Crippen molar-refractivity contribution in [3.63, 3.8) is 0 Å². The Morgan fingerprint density at radius 1 is 1.39 bits per heavy atom. The molecule has 1 atom stereocenters. The van der Waals surface area contributed by atoms with Gasteiger partial charge in [-0.15, -0.1) is 0 Å². The van der Waals surface area contributed by atoms with Crippen molar-refractivity contribution >= 4 is 0 Å². The van der Waals surface area contributed by atoms with Crippen LogP contribution in [-0.2, 0) is 6.54 Å². The zero-order chi connectivity index (χ0) is 13.0. The highest BCUT2D eigenvalue weighted by molar-refractivity contribution is 5.08. The van der Waals surface area contributed by atoms with Gasteiger partial charge in [-0.2, -0.15) is 5.10 Å². The van der Waals surface area contributed by atoms with Crippen molar-refractivity contribution in [2.75, 3.05) is 6.54 Å². The van der Waals surface area contributed by atoms with Crippen LogP contribution in [0.5, 0.6) is 0 Å². The third kappa shape index (κ3) is 3.37. The van der Waals surface area contributed by atoms with Crippen LogP contribution in [0.1, 0.15) is 24.2 Å². The predicted molar refractivity (Wildman–Crippen MR) is 67.6 cm³/mol. The first kappa shape index (κ1) is 12.7. The van der Waals surface area contributed by atoms with E-state index in [4.69, 9.17) is 0 Å². The van der Waals surface area contributed by atoms with Gasteiger partial charge < -0.3 is 5.32 Å². The van der Waals surface area contributed by atoms with Crippen molar-refractivity contribution in [3.8, 4) is 0 Å². The maximum Gasteiger partial charge on any atom is 0.141 e. The van der Waals surface area contributed by atoms with Crippen molar-refractivity contribution in [1.29, 1.82) is 0 Å². The highest BCUT2D eigenvalue weighted by Gasteiger charge is 2.05. The van der Waals surface area contributed by atoms with Crippen LogP contribution in [0, 0.1) is 12.7 Å². The summed E-state index contributed by atoms with van der Waals surface area (Å²) in [7, 11) is 0. The molecule has 2 heterocycles. The molecule has 0 radical (unpaired) electrons. The number of rotatable bonds is 5. The summed E-state index contributed by atoms with van der Waals surface area (Å²) in [5, 5.41) is 7.54. The van der Waals surface area contributed by atoms with Crippen LogP contribution in [0.2, 0.25) is 0 Å². The highest BCUT2D eigenvalue weighted by Crippen LogP contribution is 2.08. The van der Waals surface area contributed by atoms with Gasteiger partial charge in [0.2, 0.25) is 0 Å². The van der Waals surface area contributed by atoms with Gasteiger partial charge in [-0.25, -0.2) is 4.39 Å². The van der Waals surface area contributed by atoms with Crippen molar-refractivity contribution < 1.29 is 4.39 Å². The summed E-state index contributed by atoms with van der Waals surface area (Å²) < 4.78 is 14.6. The molecule has 0 amide bonds. The van der Waals surface area contributed by atoms with Crippen LogP contribution in [0.15, 0.2) is 30.7 Å². The van der Waals surface area contributed by atoms with Gasteiger partial charge in [0.1, 0.15) is 5.82 Å². The van der Waals surface area contributed by atoms with Gasteiger partial charge in [-0.1, -0.05) is 0 Å². The maximum atomic E-state index is 12.7. The molecule has 0 saturated carbocycles. The number of aromatic nitrogens is 3. The van der Waals surface area contributed by atoms with E-state index in [0.717, 1.165) is 24.3 Å². The van der Waals surface area contributed by atoms with E-state index in [9.17, 15) is 4.39 Å². The summed E-state index contributed by atoms with van der Waals surface area (Å²) in [6.07, 6.45) is 5.08. The molecule has 0 fully saturated rings. The molecule has 18 heavy (non-hydrogen) atoms. The van der Waals surface area contributed by atoms with E-state index < -0.39 is 0 Å². The smallest absolute Gasteiger partial charge is 0.141 e. The fourth-order valence-corrected chi connectivity index (χ4v) is 1.73. The zero-order valence-corrected chi connectivity index (χ0v) is 10.6. The van der Waals surface area contributed by atoms with Crippen LogP contribution in [0.4, 0.5) is 4.39 Å². The van der Waals surface area contributed by atoms with E-state index >= 15 is 0 Å². The minimum Gasteiger partial charge on any atom is -0.307 e. The molecule has 0 saturated heterocycles. The molecule has 4 nitrogen and oxygen atoms in total. The quantitative estimate of drug-likeness (QED) is 0.881. The van der Waals surface area contributed by atoms with Gasteiger partial charge >= 0.3 is 0 Å². The van der Waals surface area contributed by atoms with Crippen molar-refractivity contribution in [2.24, 2.45) is 0 Å². The van der Waals surface area contributed by atoms with Crippen LogP contribution < -0.4 is 5.32 Å². The van der Waals surface area contributed by atoms with E-state index in [0.29, 0.717) is 0 Å². The summed E-state index contributed by atoms with van der Waals surface area (Å²) in [6, 6.07) is 3.23. The fourth-order valence-electron chi connectivity index (χ4n) is 1.73. The fraction of sp³-hybridized carbons (Fsp3) is 0.385. The van der Waals surface area contributed by atoms with Crippen LogP contribution in [0.3, 0.4) is 0 Å². The highest BCUT2D eigenvalue weighted by atomic mass is 19.1. The molecule has 1 N–H and O–H groups in total. The largest absolute Gasteiger partial charge is 0.307 e.